The lowest BCUT2D eigenvalue weighted by Gasteiger charge is -2.27. The first-order valence-electron chi connectivity index (χ1n) is 10.8. The van der Waals surface area contributed by atoms with Gasteiger partial charge in [0.15, 0.2) is 0 Å². The summed E-state index contributed by atoms with van der Waals surface area (Å²) in [4.78, 5) is 23.6. The average molecular weight is 497 g/mol. The number of carbonyl (C=O) groups is 1. The lowest BCUT2D eigenvalue weighted by Crippen LogP contribution is -2.36. The zero-order chi connectivity index (χ0) is 24.4. The Labute approximate surface area is 204 Å². The Morgan fingerprint density at radius 1 is 0.971 bits per heavy atom. The minimum absolute atomic E-state index is 0.0142. The quantitative estimate of drug-likeness (QED) is 0.396. The molecule has 0 atom stereocenters. The van der Waals surface area contributed by atoms with E-state index in [0.717, 1.165) is 31.0 Å². The lowest BCUT2D eigenvalue weighted by molar-refractivity contribution is 0.102. The number of nitrogens with zero attached hydrogens (tertiary/aromatic N) is 3. The second-order valence-corrected chi connectivity index (χ2v) is 8.21. The maximum absolute atomic E-state index is 14.7. The topological polar surface area (TPSA) is 76.6 Å². The van der Waals surface area contributed by atoms with Crippen LogP contribution in [-0.4, -0.2) is 42.2 Å². The summed E-state index contributed by atoms with van der Waals surface area (Å²) in [5, 5.41) is 2.31. The van der Waals surface area contributed by atoms with E-state index in [-0.39, 0.29) is 22.0 Å². The molecule has 0 bridgehead atoms. The van der Waals surface area contributed by atoms with Gasteiger partial charge in [0.1, 0.15) is 29.0 Å². The summed E-state index contributed by atoms with van der Waals surface area (Å²) in [5.41, 5.74) is 1.29. The van der Waals surface area contributed by atoms with Crippen LogP contribution in [0.1, 0.15) is 10.4 Å². The van der Waals surface area contributed by atoms with Crippen LogP contribution in [0.15, 0.2) is 60.8 Å². The predicted molar refractivity (Wildman–Crippen MR) is 128 cm³/mol. The average Bonchev–Trinajstić information content (AvgIpc) is 2.87. The van der Waals surface area contributed by atoms with Crippen LogP contribution < -0.4 is 15.0 Å². The van der Waals surface area contributed by atoms with Gasteiger partial charge in [-0.3, -0.25) is 9.78 Å². The summed E-state index contributed by atoms with van der Waals surface area (Å²) in [6, 6.07) is 12.9. The molecule has 2 heterocycles. The number of morpholine rings is 1. The summed E-state index contributed by atoms with van der Waals surface area (Å²) in [7, 11) is 0. The molecule has 35 heavy (non-hydrogen) atoms. The fraction of sp³-hybridized carbons (Fsp3) is 0.160. The van der Waals surface area contributed by atoms with Gasteiger partial charge in [0.25, 0.3) is 5.91 Å². The lowest BCUT2D eigenvalue weighted by atomic mass is 10.2. The molecule has 0 unspecified atom stereocenters. The third-order valence-electron chi connectivity index (χ3n) is 5.44. The normalized spacial score (nSPS) is 13.6. The van der Waals surface area contributed by atoms with Gasteiger partial charge >= 0.3 is 0 Å². The maximum atomic E-state index is 14.7. The first kappa shape index (κ1) is 22.9. The smallest absolute Gasteiger partial charge is 0.255 e. The van der Waals surface area contributed by atoms with Crippen molar-refractivity contribution in [2.45, 2.75) is 0 Å². The van der Waals surface area contributed by atoms with Crippen LogP contribution in [0.25, 0.3) is 11.0 Å². The Hall–Kier alpha value is -3.82. The molecule has 10 heteroatoms. The molecule has 1 aliphatic heterocycles. The standard InChI is InChI=1S/C25H19ClF2N4O3/c26-18-4-1-15(11-19(18)27)25(33)31-21-5-2-16(12-20(21)28)35-17-3-6-22-23(13-17)30-24(14-29-22)32-7-9-34-10-8-32/h1-6,11-14H,7-10H2,(H,31,33). The third kappa shape index (κ3) is 5.16. The Morgan fingerprint density at radius 3 is 2.51 bits per heavy atom. The van der Waals surface area contributed by atoms with E-state index in [1.165, 1.54) is 24.3 Å². The summed E-state index contributed by atoms with van der Waals surface area (Å²) < 4.78 is 39.5. The second kappa shape index (κ2) is 9.81. The van der Waals surface area contributed by atoms with Crippen LogP contribution in [0, 0.1) is 11.6 Å². The van der Waals surface area contributed by atoms with Crippen molar-refractivity contribution in [2.75, 3.05) is 36.5 Å². The Balaban J connectivity index is 1.31. The summed E-state index contributed by atoms with van der Waals surface area (Å²) in [5.74, 6) is -0.670. The highest BCUT2D eigenvalue weighted by molar-refractivity contribution is 6.30. The van der Waals surface area contributed by atoms with Crippen molar-refractivity contribution in [3.05, 3.63) is 83.0 Å². The summed E-state index contributed by atoms with van der Waals surface area (Å²) in [6.45, 7) is 2.76. The Morgan fingerprint density at radius 2 is 1.74 bits per heavy atom. The molecule has 4 aromatic rings. The Kier molecular flexibility index (Phi) is 6.43. The highest BCUT2D eigenvalue weighted by atomic mass is 35.5. The van der Waals surface area contributed by atoms with Crippen molar-refractivity contribution in [3.8, 4) is 11.5 Å². The van der Waals surface area contributed by atoms with E-state index in [1.807, 2.05) is 0 Å². The number of ether oxygens (including phenoxy) is 2. The molecule has 1 amide bonds. The number of anilines is 2. The molecule has 5 rings (SSSR count). The molecular formula is C25H19ClF2N4O3. The first-order valence-corrected chi connectivity index (χ1v) is 11.2. The molecule has 7 nitrogen and oxygen atoms in total. The number of nitrogens with one attached hydrogen (secondary N) is 1. The highest BCUT2D eigenvalue weighted by Crippen LogP contribution is 2.28. The molecule has 1 aliphatic rings. The van der Waals surface area contributed by atoms with Crippen molar-refractivity contribution in [3.63, 3.8) is 0 Å². The van der Waals surface area contributed by atoms with Gasteiger partial charge in [-0.2, -0.15) is 0 Å². The number of rotatable bonds is 5. The predicted octanol–water partition coefficient (Wildman–Crippen LogP) is 5.44. The third-order valence-corrected chi connectivity index (χ3v) is 5.75. The van der Waals surface area contributed by atoms with Crippen molar-refractivity contribution in [1.29, 1.82) is 0 Å². The number of aromatic nitrogens is 2. The van der Waals surface area contributed by atoms with E-state index < -0.39 is 17.5 Å². The fourth-order valence-electron chi connectivity index (χ4n) is 3.62. The van der Waals surface area contributed by atoms with E-state index in [9.17, 15) is 13.6 Å². The van der Waals surface area contributed by atoms with Crippen LogP contribution in [0.4, 0.5) is 20.3 Å². The van der Waals surface area contributed by atoms with Gasteiger partial charge in [0.05, 0.1) is 41.2 Å². The van der Waals surface area contributed by atoms with Gasteiger partial charge in [-0.1, -0.05) is 11.6 Å². The van der Waals surface area contributed by atoms with Crippen molar-refractivity contribution >= 4 is 40.0 Å². The molecule has 1 saturated heterocycles. The molecule has 1 N–H and O–H groups in total. The van der Waals surface area contributed by atoms with Gasteiger partial charge in [-0.05, 0) is 42.5 Å². The molecule has 0 saturated carbocycles. The number of benzene rings is 3. The zero-order valence-electron chi connectivity index (χ0n) is 18.3. The number of hydrogen-bond donors (Lipinski definition) is 1. The van der Waals surface area contributed by atoms with Crippen LogP contribution in [0.2, 0.25) is 5.02 Å². The maximum Gasteiger partial charge on any atom is 0.255 e. The van der Waals surface area contributed by atoms with E-state index in [2.05, 4.69) is 20.2 Å². The van der Waals surface area contributed by atoms with Gasteiger partial charge in [0.2, 0.25) is 0 Å². The van der Waals surface area contributed by atoms with E-state index in [4.69, 9.17) is 21.1 Å². The van der Waals surface area contributed by atoms with Gasteiger partial charge in [0, 0.05) is 30.8 Å². The van der Waals surface area contributed by atoms with Crippen molar-refractivity contribution in [1.82, 2.24) is 9.97 Å². The zero-order valence-corrected chi connectivity index (χ0v) is 19.1. The van der Waals surface area contributed by atoms with E-state index in [1.54, 1.807) is 24.4 Å². The minimum atomic E-state index is -0.735. The molecule has 3 aromatic carbocycles. The largest absolute Gasteiger partial charge is 0.457 e. The van der Waals surface area contributed by atoms with E-state index in [0.29, 0.717) is 30.0 Å². The SMILES string of the molecule is O=C(Nc1ccc(Oc2ccc3ncc(N4CCOCC4)nc3c2)cc1F)c1ccc(Cl)c(F)c1. The Bertz CT molecular complexity index is 1410. The number of carbonyl (C=O) groups excluding carboxylic acids is 1. The van der Waals surface area contributed by atoms with Crippen LogP contribution in [-0.2, 0) is 4.74 Å². The highest BCUT2D eigenvalue weighted by Gasteiger charge is 2.15. The molecular weight excluding hydrogens is 478 g/mol. The van der Waals surface area contributed by atoms with Gasteiger partial charge in [-0.25, -0.2) is 13.8 Å². The molecule has 178 valence electrons. The molecule has 1 fully saturated rings. The summed E-state index contributed by atoms with van der Waals surface area (Å²) >= 11 is 5.64. The first-order chi connectivity index (χ1) is 17.0. The fourth-order valence-corrected chi connectivity index (χ4v) is 3.74. The monoisotopic (exact) mass is 496 g/mol. The number of halogens is 3. The van der Waals surface area contributed by atoms with Crippen molar-refractivity contribution < 1.29 is 23.0 Å². The number of amides is 1. The molecule has 0 spiro atoms. The van der Waals surface area contributed by atoms with E-state index >= 15 is 0 Å². The van der Waals surface area contributed by atoms with Gasteiger partial charge < -0.3 is 19.7 Å². The van der Waals surface area contributed by atoms with Crippen LogP contribution in [0.3, 0.4) is 0 Å². The van der Waals surface area contributed by atoms with Crippen molar-refractivity contribution in [2.24, 2.45) is 0 Å². The number of fused-ring (bicyclic) bond motifs is 1. The number of hydrogen-bond acceptors (Lipinski definition) is 6. The summed E-state index contributed by atoms with van der Waals surface area (Å²) in [6.07, 6.45) is 1.73. The molecule has 1 aromatic heterocycles. The second-order valence-electron chi connectivity index (χ2n) is 7.80. The molecule has 0 aliphatic carbocycles. The van der Waals surface area contributed by atoms with Crippen LogP contribution >= 0.6 is 11.6 Å². The van der Waals surface area contributed by atoms with Crippen LogP contribution in [0.5, 0.6) is 11.5 Å². The molecule has 0 radical (unpaired) electrons. The van der Waals surface area contributed by atoms with Gasteiger partial charge in [-0.15, -0.1) is 0 Å². The minimum Gasteiger partial charge on any atom is -0.457 e.